The Morgan fingerprint density at radius 3 is 2.54 bits per heavy atom. The maximum Gasteiger partial charge on any atom is 0.461 e. The van der Waals surface area contributed by atoms with Gasteiger partial charge in [-0.2, -0.15) is 0 Å². The first-order valence-electron chi connectivity index (χ1n) is 14.7. The Bertz CT molecular complexity index is 1290. The van der Waals surface area contributed by atoms with Gasteiger partial charge in [0.05, 0.1) is 24.5 Å². The van der Waals surface area contributed by atoms with Crippen molar-refractivity contribution in [2.24, 2.45) is 23.0 Å². The largest absolute Gasteiger partial charge is 0.496 e. The lowest BCUT2D eigenvalue weighted by molar-refractivity contribution is -0.199. The van der Waals surface area contributed by atoms with Crippen LogP contribution in [-0.2, 0) is 25.3 Å². The molecule has 2 bridgehead atoms. The molecule has 4 fully saturated rings. The summed E-state index contributed by atoms with van der Waals surface area (Å²) in [6.07, 6.45) is 4.21. The van der Waals surface area contributed by atoms with Crippen LogP contribution >= 0.6 is 0 Å². The van der Waals surface area contributed by atoms with E-state index in [1.807, 2.05) is 39.0 Å². The average Bonchev–Trinajstić information content (AvgIpc) is 3.28. The number of rotatable bonds is 9. The summed E-state index contributed by atoms with van der Waals surface area (Å²) in [5.74, 6) is 0.459. The zero-order valence-corrected chi connectivity index (χ0v) is 25.3. The van der Waals surface area contributed by atoms with Crippen LogP contribution in [0.1, 0.15) is 88.5 Å². The Labute approximate surface area is 243 Å². The molecule has 41 heavy (non-hydrogen) atoms. The number of ether oxygens (including phenoxy) is 2. The van der Waals surface area contributed by atoms with E-state index in [0.29, 0.717) is 35.3 Å². The predicted octanol–water partition coefficient (Wildman–Crippen LogP) is 5.35. The third-order valence-corrected chi connectivity index (χ3v) is 9.57. The van der Waals surface area contributed by atoms with Crippen LogP contribution in [0.5, 0.6) is 5.75 Å². The van der Waals surface area contributed by atoms with Crippen LogP contribution in [-0.4, -0.2) is 48.3 Å². The van der Waals surface area contributed by atoms with Gasteiger partial charge in [-0.1, -0.05) is 32.0 Å². The maximum atomic E-state index is 13.6. The topological polar surface area (TPSA) is 110 Å². The number of hydrogen-bond acceptors (Lipinski definition) is 8. The number of nitrogens with two attached hydrogens (primary N) is 1. The van der Waals surface area contributed by atoms with Crippen molar-refractivity contribution < 1.29 is 28.4 Å². The Balaban J connectivity index is 1.44. The molecule has 6 rings (SSSR count). The number of esters is 1. The molecule has 0 radical (unpaired) electrons. The predicted molar refractivity (Wildman–Crippen MR) is 157 cm³/mol. The third kappa shape index (κ3) is 5.56. The van der Waals surface area contributed by atoms with Crippen LogP contribution in [0.15, 0.2) is 42.6 Å². The third-order valence-electron chi connectivity index (χ3n) is 9.57. The van der Waals surface area contributed by atoms with E-state index in [4.69, 9.17) is 24.5 Å². The molecule has 8 nitrogen and oxygen atoms in total. The molecule has 2 unspecified atom stereocenters. The fraction of sp³-hybridized carbons (Fsp3) is 0.594. The van der Waals surface area contributed by atoms with E-state index in [2.05, 4.69) is 25.8 Å². The molecular weight excluding hydrogens is 519 g/mol. The van der Waals surface area contributed by atoms with Crippen molar-refractivity contribution in [3.05, 3.63) is 59.4 Å². The summed E-state index contributed by atoms with van der Waals surface area (Å²) >= 11 is 0. The summed E-state index contributed by atoms with van der Waals surface area (Å²) in [6.45, 7) is 12.3. The molecule has 1 saturated heterocycles. The van der Waals surface area contributed by atoms with E-state index in [-0.39, 0.29) is 29.5 Å². The number of ketones is 1. The monoisotopic (exact) mass is 562 g/mol. The van der Waals surface area contributed by atoms with Crippen LogP contribution in [0.25, 0.3) is 0 Å². The zero-order chi connectivity index (χ0) is 29.7. The molecule has 2 heterocycles. The number of Topliss-reactive ketones (excluding diaryl/α,β-unsaturated/α-hetero) is 1. The molecule has 9 heteroatoms. The van der Waals surface area contributed by atoms with Crippen LogP contribution < -0.4 is 10.5 Å². The normalized spacial score (nSPS) is 27.8. The quantitative estimate of drug-likeness (QED) is 0.322. The molecule has 1 aromatic carbocycles. The Morgan fingerprint density at radius 2 is 1.90 bits per heavy atom. The SMILES string of the molecule is COc1c(C[C@H](CC(=O)C(N)c2ccccn2)B2OC3C[C@H]4C[C@@H](C4(C)C)[C@]3(C)O2)cccc1C(=O)OC(C)(C)C. The number of pyridine rings is 1. The molecule has 1 aliphatic heterocycles. The van der Waals surface area contributed by atoms with E-state index in [9.17, 15) is 9.59 Å². The molecule has 2 N–H and O–H groups in total. The van der Waals surface area contributed by atoms with Crippen LogP contribution in [0.4, 0.5) is 0 Å². The molecule has 0 amide bonds. The van der Waals surface area contributed by atoms with Crippen LogP contribution in [0.2, 0.25) is 5.82 Å². The van der Waals surface area contributed by atoms with Gasteiger partial charge in [0, 0.05) is 18.4 Å². The van der Waals surface area contributed by atoms with E-state index in [1.54, 1.807) is 24.4 Å². The number of carbonyl (C=O) groups excluding carboxylic acids is 2. The van der Waals surface area contributed by atoms with E-state index in [1.165, 1.54) is 7.11 Å². The van der Waals surface area contributed by atoms with Gasteiger partial charge in [0.1, 0.15) is 23.0 Å². The number of para-hydroxylation sites is 1. The highest BCUT2D eigenvalue weighted by atomic mass is 16.7. The highest BCUT2D eigenvalue weighted by Crippen LogP contribution is 2.66. The summed E-state index contributed by atoms with van der Waals surface area (Å²) in [4.78, 5) is 30.9. The highest BCUT2D eigenvalue weighted by Gasteiger charge is 2.68. The lowest BCUT2D eigenvalue weighted by atomic mass is 9.43. The van der Waals surface area contributed by atoms with Gasteiger partial charge >= 0.3 is 13.1 Å². The van der Waals surface area contributed by atoms with Crippen molar-refractivity contribution in [3.63, 3.8) is 0 Å². The fourth-order valence-electron chi connectivity index (χ4n) is 7.24. The highest BCUT2D eigenvalue weighted by molar-refractivity contribution is 6.48. The minimum atomic E-state index is -0.861. The minimum absolute atomic E-state index is 0.0265. The summed E-state index contributed by atoms with van der Waals surface area (Å²) < 4.78 is 24.8. The first kappa shape index (κ1) is 29.7. The Hall–Kier alpha value is -2.75. The Kier molecular flexibility index (Phi) is 7.85. The summed E-state index contributed by atoms with van der Waals surface area (Å²) in [5, 5.41) is 0. The van der Waals surface area contributed by atoms with Gasteiger partial charge in [0.25, 0.3) is 0 Å². The van der Waals surface area contributed by atoms with Crippen LogP contribution in [0.3, 0.4) is 0 Å². The van der Waals surface area contributed by atoms with E-state index < -0.39 is 30.3 Å². The minimum Gasteiger partial charge on any atom is -0.496 e. The molecule has 3 saturated carbocycles. The molecule has 3 aliphatic carbocycles. The second-order valence-corrected chi connectivity index (χ2v) is 13.7. The Morgan fingerprint density at radius 1 is 1.15 bits per heavy atom. The lowest BCUT2D eigenvalue weighted by Crippen LogP contribution is -2.65. The summed E-state index contributed by atoms with van der Waals surface area (Å²) in [5.41, 5.74) is 7.15. The number of nitrogens with zero attached hydrogens (tertiary/aromatic N) is 1. The lowest BCUT2D eigenvalue weighted by Gasteiger charge is -2.64. The van der Waals surface area contributed by atoms with Crippen molar-refractivity contribution in [1.29, 1.82) is 0 Å². The van der Waals surface area contributed by atoms with Crippen LogP contribution in [0, 0.1) is 17.3 Å². The standard InChI is InChI=1S/C32H43BN2O6/c1-30(2,3)39-29(37)22-12-10-11-19(28(22)38-7)15-21(18-24(36)27(34)23-13-8-9-14-35-23)33-40-26-17-20-16-25(31(20,4)5)32(26,6)41-33/h8-14,20-21,25-27H,15-18,34H2,1-7H3/t20-,21-,25+,26?,27?,32+/m1/s1. The zero-order valence-electron chi connectivity index (χ0n) is 25.3. The van der Waals surface area contributed by atoms with Gasteiger partial charge in [-0.25, -0.2) is 4.79 Å². The fourth-order valence-corrected chi connectivity index (χ4v) is 7.24. The number of hydrogen-bond donors (Lipinski definition) is 1. The van der Waals surface area contributed by atoms with Crippen molar-refractivity contribution in [2.75, 3.05) is 7.11 Å². The first-order chi connectivity index (χ1) is 19.2. The average molecular weight is 563 g/mol. The van der Waals surface area contributed by atoms with Gasteiger partial charge in [-0.05, 0) is 88.0 Å². The molecule has 1 aromatic heterocycles. The smallest absolute Gasteiger partial charge is 0.461 e. The van der Waals surface area contributed by atoms with E-state index >= 15 is 0 Å². The molecule has 2 aromatic rings. The van der Waals surface area contributed by atoms with Crippen molar-refractivity contribution >= 4 is 18.9 Å². The molecule has 220 valence electrons. The molecule has 4 aliphatic rings. The molecular formula is C32H43BN2O6. The van der Waals surface area contributed by atoms with Crippen molar-refractivity contribution in [3.8, 4) is 5.75 Å². The first-order valence-corrected chi connectivity index (χ1v) is 14.7. The summed E-state index contributed by atoms with van der Waals surface area (Å²) in [7, 11) is 0.937. The van der Waals surface area contributed by atoms with Crippen molar-refractivity contribution in [2.45, 2.75) is 96.4 Å². The van der Waals surface area contributed by atoms with Gasteiger partial charge in [-0.15, -0.1) is 0 Å². The second-order valence-electron chi connectivity index (χ2n) is 13.7. The number of carbonyl (C=O) groups is 2. The van der Waals surface area contributed by atoms with E-state index in [0.717, 1.165) is 18.4 Å². The van der Waals surface area contributed by atoms with Gasteiger partial charge in [0.2, 0.25) is 0 Å². The number of methoxy groups -OCH3 is 1. The number of aromatic nitrogens is 1. The van der Waals surface area contributed by atoms with Gasteiger partial charge < -0.3 is 24.5 Å². The number of benzene rings is 1. The summed E-state index contributed by atoms with van der Waals surface area (Å²) in [6, 6.07) is 9.93. The van der Waals surface area contributed by atoms with Gasteiger partial charge in [0.15, 0.2) is 5.78 Å². The van der Waals surface area contributed by atoms with Crippen molar-refractivity contribution in [1.82, 2.24) is 4.98 Å². The molecule has 6 atom stereocenters. The molecule has 0 spiro atoms. The van der Waals surface area contributed by atoms with Gasteiger partial charge in [-0.3, -0.25) is 9.78 Å². The second kappa shape index (κ2) is 10.8. The maximum absolute atomic E-state index is 13.6.